The number of amides is 1. The molecule has 0 aromatic carbocycles. The first-order chi connectivity index (χ1) is 8.29. The number of ether oxygens (including phenoxy) is 1. The van der Waals surface area contributed by atoms with Gasteiger partial charge in [-0.05, 0) is 12.1 Å². The van der Waals surface area contributed by atoms with Crippen molar-refractivity contribution in [3.05, 3.63) is 24.2 Å². The number of carbonyl (C=O) groups excluding carboxylic acids is 1. The molecule has 3 heterocycles. The van der Waals surface area contributed by atoms with Crippen molar-refractivity contribution in [1.29, 1.82) is 0 Å². The zero-order chi connectivity index (χ0) is 11.7. The van der Waals surface area contributed by atoms with Crippen molar-refractivity contribution in [2.45, 2.75) is 17.8 Å². The first kappa shape index (κ1) is 11.2. The van der Waals surface area contributed by atoms with Gasteiger partial charge < -0.3 is 14.1 Å². The molecule has 0 N–H and O–H groups in total. The second kappa shape index (κ2) is 4.38. The summed E-state index contributed by atoms with van der Waals surface area (Å²) >= 11 is 1.89. The van der Waals surface area contributed by atoms with Crippen molar-refractivity contribution in [3.63, 3.8) is 0 Å². The fourth-order valence-corrected chi connectivity index (χ4v) is 3.57. The maximum Gasteiger partial charge on any atom is 0.289 e. The number of hydrogen-bond acceptors (Lipinski definition) is 4. The van der Waals surface area contributed by atoms with Crippen molar-refractivity contribution in [2.75, 3.05) is 25.4 Å². The zero-order valence-electron chi connectivity index (χ0n) is 9.55. The summed E-state index contributed by atoms with van der Waals surface area (Å²) in [7, 11) is 0. The number of hydrogen-bond donors (Lipinski definition) is 0. The number of nitrogens with zero attached hydrogens (tertiary/aromatic N) is 1. The highest BCUT2D eigenvalue weighted by Gasteiger charge is 2.40. The van der Waals surface area contributed by atoms with Gasteiger partial charge in [-0.15, -0.1) is 11.8 Å². The lowest BCUT2D eigenvalue weighted by Gasteiger charge is -2.37. The molecule has 1 amide bonds. The van der Waals surface area contributed by atoms with E-state index in [-0.39, 0.29) is 10.8 Å². The molecule has 0 atom stereocenters. The molecular formula is C12H15NO3S. The van der Waals surface area contributed by atoms with Crippen molar-refractivity contribution in [2.24, 2.45) is 0 Å². The molecule has 1 spiro atoms. The number of carbonyl (C=O) groups is 1. The van der Waals surface area contributed by atoms with Crippen LogP contribution in [0, 0.1) is 0 Å². The van der Waals surface area contributed by atoms with Gasteiger partial charge in [0.2, 0.25) is 0 Å². The summed E-state index contributed by atoms with van der Waals surface area (Å²) in [5.74, 6) is 1.50. The monoisotopic (exact) mass is 253 g/mol. The van der Waals surface area contributed by atoms with Crippen LogP contribution in [0.2, 0.25) is 0 Å². The Hall–Kier alpha value is -0.940. The standard InChI is InChI=1S/C12H15NO3S/c14-11(10-2-1-7-15-10)13-5-3-12(4-6-13)16-8-9-17-12/h1-2,7H,3-6,8-9H2. The van der Waals surface area contributed by atoms with E-state index in [9.17, 15) is 4.79 Å². The van der Waals surface area contributed by atoms with E-state index in [0.717, 1.165) is 38.3 Å². The highest BCUT2D eigenvalue weighted by molar-refractivity contribution is 8.00. The van der Waals surface area contributed by atoms with E-state index in [2.05, 4.69) is 0 Å². The van der Waals surface area contributed by atoms with Crippen molar-refractivity contribution >= 4 is 17.7 Å². The predicted molar refractivity (Wildman–Crippen MR) is 65.0 cm³/mol. The van der Waals surface area contributed by atoms with E-state index in [1.165, 1.54) is 6.26 Å². The molecule has 1 aromatic rings. The molecule has 0 saturated carbocycles. The second-order valence-corrected chi connectivity index (χ2v) is 5.82. The number of piperidine rings is 1. The van der Waals surface area contributed by atoms with E-state index in [0.29, 0.717) is 5.76 Å². The third-order valence-corrected chi connectivity index (χ3v) is 4.78. The topological polar surface area (TPSA) is 42.7 Å². The van der Waals surface area contributed by atoms with Crippen LogP contribution >= 0.6 is 11.8 Å². The third kappa shape index (κ3) is 2.09. The minimum Gasteiger partial charge on any atom is -0.459 e. The summed E-state index contributed by atoms with van der Waals surface area (Å²) in [6, 6.07) is 3.46. The first-order valence-electron chi connectivity index (χ1n) is 5.90. The molecule has 92 valence electrons. The molecule has 4 nitrogen and oxygen atoms in total. The Morgan fingerprint density at radius 3 is 2.82 bits per heavy atom. The molecule has 1 aromatic heterocycles. The van der Waals surface area contributed by atoms with Crippen molar-refractivity contribution < 1.29 is 13.9 Å². The van der Waals surface area contributed by atoms with Crippen LogP contribution in [0.15, 0.2) is 22.8 Å². The fourth-order valence-electron chi connectivity index (χ4n) is 2.39. The molecule has 2 aliphatic heterocycles. The molecule has 17 heavy (non-hydrogen) atoms. The molecular weight excluding hydrogens is 238 g/mol. The smallest absolute Gasteiger partial charge is 0.289 e. The summed E-state index contributed by atoms with van der Waals surface area (Å²) in [6.07, 6.45) is 3.38. The van der Waals surface area contributed by atoms with Crippen LogP contribution < -0.4 is 0 Å². The zero-order valence-corrected chi connectivity index (χ0v) is 10.4. The number of likely N-dealkylation sites (tertiary alicyclic amines) is 1. The second-order valence-electron chi connectivity index (χ2n) is 4.38. The fraction of sp³-hybridized carbons (Fsp3) is 0.583. The summed E-state index contributed by atoms with van der Waals surface area (Å²) in [4.78, 5) is 13.9. The molecule has 2 aliphatic rings. The molecule has 5 heteroatoms. The minimum absolute atomic E-state index is 0.00662. The van der Waals surface area contributed by atoms with Gasteiger partial charge in [-0.25, -0.2) is 0 Å². The average Bonchev–Trinajstić information content (AvgIpc) is 3.01. The molecule has 2 saturated heterocycles. The van der Waals surface area contributed by atoms with Crippen LogP contribution in [0.4, 0.5) is 0 Å². The van der Waals surface area contributed by atoms with Crippen molar-refractivity contribution in [3.8, 4) is 0 Å². The van der Waals surface area contributed by atoms with Gasteiger partial charge in [0.25, 0.3) is 5.91 Å². The van der Waals surface area contributed by atoms with E-state index < -0.39 is 0 Å². The van der Waals surface area contributed by atoms with Gasteiger partial charge in [0.1, 0.15) is 4.93 Å². The molecule has 0 unspecified atom stereocenters. The highest BCUT2D eigenvalue weighted by atomic mass is 32.2. The summed E-state index contributed by atoms with van der Waals surface area (Å²) in [5.41, 5.74) is 0. The van der Waals surface area contributed by atoms with Crippen LogP contribution in [0.3, 0.4) is 0 Å². The SMILES string of the molecule is O=C(c1ccco1)N1CCC2(CC1)OCCS2. The van der Waals surface area contributed by atoms with Crippen molar-refractivity contribution in [1.82, 2.24) is 4.90 Å². The maximum absolute atomic E-state index is 12.0. The van der Waals surface area contributed by atoms with Crippen LogP contribution in [0.1, 0.15) is 23.4 Å². The number of rotatable bonds is 1. The van der Waals surface area contributed by atoms with Crippen LogP contribution in [-0.2, 0) is 4.74 Å². The Morgan fingerprint density at radius 2 is 2.24 bits per heavy atom. The van der Waals surface area contributed by atoms with Gasteiger partial charge in [0, 0.05) is 31.7 Å². The van der Waals surface area contributed by atoms with E-state index >= 15 is 0 Å². The van der Waals surface area contributed by atoms with E-state index in [1.54, 1.807) is 12.1 Å². The van der Waals surface area contributed by atoms with Gasteiger partial charge in [-0.3, -0.25) is 4.79 Å². The predicted octanol–water partition coefficient (Wildman–Crippen LogP) is 1.98. The van der Waals surface area contributed by atoms with Crippen LogP contribution in [-0.4, -0.2) is 41.2 Å². The van der Waals surface area contributed by atoms with Crippen LogP contribution in [0.25, 0.3) is 0 Å². The van der Waals surface area contributed by atoms with Gasteiger partial charge >= 0.3 is 0 Å². The summed E-state index contributed by atoms with van der Waals surface area (Å²) < 4.78 is 10.9. The lowest BCUT2D eigenvalue weighted by molar-refractivity contribution is 0.00274. The molecule has 0 radical (unpaired) electrons. The lowest BCUT2D eigenvalue weighted by Crippen LogP contribution is -2.44. The average molecular weight is 253 g/mol. The lowest BCUT2D eigenvalue weighted by atomic mass is 10.1. The number of thioether (sulfide) groups is 1. The molecule has 0 bridgehead atoms. The van der Waals surface area contributed by atoms with Gasteiger partial charge in [-0.1, -0.05) is 0 Å². The Morgan fingerprint density at radius 1 is 1.41 bits per heavy atom. The van der Waals surface area contributed by atoms with E-state index in [4.69, 9.17) is 9.15 Å². The summed E-state index contributed by atoms with van der Waals surface area (Å²) in [5, 5.41) is 0. The van der Waals surface area contributed by atoms with Gasteiger partial charge in [-0.2, -0.15) is 0 Å². The first-order valence-corrected chi connectivity index (χ1v) is 6.88. The Bertz CT molecular complexity index is 388. The number of furan rings is 1. The normalized spacial score (nSPS) is 23.2. The largest absolute Gasteiger partial charge is 0.459 e. The molecule has 2 fully saturated rings. The quantitative estimate of drug-likeness (QED) is 0.767. The minimum atomic E-state index is -0.0139. The maximum atomic E-state index is 12.0. The molecule has 3 rings (SSSR count). The van der Waals surface area contributed by atoms with Crippen LogP contribution in [0.5, 0.6) is 0 Å². The van der Waals surface area contributed by atoms with E-state index in [1.807, 2.05) is 16.7 Å². The highest BCUT2D eigenvalue weighted by Crippen LogP contribution is 2.41. The Balaban J connectivity index is 1.63. The summed E-state index contributed by atoms with van der Waals surface area (Å²) in [6.45, 7) is 2.36. The van der Waals surface area contributed by atoms with Gasteiger partial charge in [0.15, 0.2) is 5.76 Å². The Kier molecular flexibility index (Phi) is 2.88. The Labute approximate surface area is 104 Å². The third-order valence-electron chi connectivity index (χ3n) is 3.36. The van der Waals surface area contributed by atoms with Gasteiger partial charge in [0.05, 0.1) is 12.9 Å². The molecule has 0 aliphatic carbocycles.